The molecule has 0 aromatic carbocycles. The van der Waals surface area contributed by atoms with Gasteiger partial charge in [0, 0.05) is 24.3 Å². The summed E-state index contributed by atoms with van der Waals surface area (Å²) in [5, 5.41) is 9.25. The van der Waals surface area contributed by atoms with Gasteiger partial charge in [0.15, 0.2) is 0 Å². The van der Waals surface area contributed by atoms with Crippen molar-refractivity contribution in [3.05, 3.63) is 24.3 Å². The number of aliphatic imine (C=N–C) groups is 2. The molecule has 3 aliphatic rings. The van der Waals surface area contributed by atoms with Gasteiger partial charge in [0.1, 0.15) is 24.1 Å². The number of rotatable bonds is 3. The van der Waals surface area contributed by atoms with Crippen LogP contribution in [-0.4, -0.2) is 47.2 Å². The Hall–Kier alpha value is -2.24. The lowest BCUT2D eigenvalue weighted by atomic mass is 9.85. The van der Waals surface area contributed by atoms with Crippen LogP contribution < -0.4 is 0 Å². The number of nitrogens with zero attached hydrogens (tertiary/aromatic N) is 2. The molecule has 1 aliphatic heterocycles. The van der Waals surface area contributed by atoms with E-state index in [4.69, 9.17) is 4.74 Å². The molecule has 104 valence electrons. The van der Waals surface area contributed by atoms with E-state index >= 15 is 0 Å². The lowest BCUT2D eigenvalue weighted by Crippen LogP contribution is -2.45. The van der Waals surface area contributed by atoms with Crippen LogP contribution in [0.1, 0.15) is 12.8 Å². The largest absolute Gasteiger partial charge is 0.481 e. The third-order valence-corrected chi connectivity index (χ3v) is 3.76. The van der Waals surface area contributed by atoms with Crippen LogP contribution in [0.2, 0.25) is 0 Å². The normalized spacial score (nSPS) is 34.4. The van der Waals surface area contributed by atoms with Gasteiger partial charge < -0.3 is 9.84 Å². The number of carboxylic acids is 1. The first-order valence-electron chi connectivity index (χ1n) is 6.49. The van der Waals surface area contributed by atoms with Gasteiger partial charge in [-0.2, -0.15) is 0 Å². The van der Waals surface area contributed by atoms with Crippen molar-refractivity contribution in [2.45, 2.75) is 31.0 Å². The monoisotopic (exact) mass is 274 g/mol. The highest BCUT2D eigenvalue weighted by Crippen LogP contribution is 2.28. The molecule has 3 rings (SSSR count). The molecule has 0 radical (unpaired) electrons. The summed E-state index contributed by atoms with van der Waals surface area (Å²) >= 11 is 0. The molecule has 20 heavy (non-hydrogen) atoms. The van der Waals surface area contributed by atoms with Crippen LogP contribution in [0.3, 0.4) is 0 Å². The Bertz CT molecular complexity index is 562. The van der Waals surface area contributed by atoms with Crippen molar-refractivity contribution in [1.29, 1.82) is 0 Å². The lowest BCUT2D eigenvalue weighted by Gasteiger charge is -2.34. The summed E-state index contributed by atoms with van der Waals surface area (Å²) in [5.74, 6) is -1.55. The minimum atomic E-state index is -0.895. The Labute approximate surface area is 115 Å². The first-order valence-corrected chi connectivity index (χ1v) is 6.49. The number of hydrogen-bond donors (Lipinski definition) is 1. The second-order valence-electron chi connectivity index (χ2n) is 4.96. The van der Waals surface area contributed by atoms with E-state index in [0.29, 0.717) is 19.3 Å². The summed E-state index contributed by atoms with van der Waals surface area (Å²) in [5.41, 5.74) is 1.54. The molecule has 0 spiro atoms. The average molecular weight is 274 g/mol. The minimum absolute atomic E-state index is 0.308. The first kappa shape index (κ1) is 12.8. The van der Waals surface area contributed by atoms with E-state index in [-0.39, 0.29) is 6.04 Å². The number of hydrogen-bond acceptors (Lipinski definition) is 5. The first-order chi connectivity index (χ1) is 9.70. The summed E-state index contributed by atoms with van der Waals surface area (Å²) in [6.45, 7) is 0.408. The maximum Gasteiger partial charge on any atom is 0.312 e. The molecule has 0 fully saturated rings. The lowest BCUT2D eigenvalue weighted by molar-refractivity contribution is -0.140. The summed E-state index contributed by atoms with van der Waals surface area (Å²) in [6, 6.07) is -0.732. The van der Waals surface area contributed by atoms with Crippen LogP contribution in [0.4, 0.5) is 0 Å². The van der Waals surface area contributed by atoms with Crippen molar-refractivity contribution in [3.8, 4) is 0 Å². The molecule has 6 heteroatoms. The fourth-order valence-corrected chi connectivity index (χ4v) is 2.83. The van der Waals surface area contributed by atoms with Crippen molar-refractivity contribution < 1.29 is 19.4 Å². The smallest absolute Gasteiger partial charge is 0.312 e. The zero-order valence-electron chi connectivity index (χ0n) is 10.7. The number of fused-ring (bicyclic) bond motifs is 2. The van der Waals surface area contributed by atoms with Crippen LogP contribution in [0.25, 0.3) is 0 Å². The second-order valence-corrected chi connectivity index (χ2v) is 4.96. The van der Waals surface area contributed by atoms with Crippen molar-refractivity contribution in [2.24, 2.45) is 15.9 Å². The molecule has 6 nitrogen and oxygen atoms in total. The minimum Gasteiger partial charge on any atom is -0.481 e. The Morgan fingerprint density at radius 2 is 1.85 bits per heavy atom. The zero-order chi connectivity index (χ0) is 14.1. The van der Waals surface area contributed by atoms with E-state index in [1.807, 2.05) is 12.2 Å². The number of carboxylic acid groups (broad SMARTS) is 1. The number of ether oxygens (including phenoxy) is 1. The van der Waals surface area contributed by atoms with Gasteiger partial charge >= 0.3 is 5.97 Å². The van der Waals surface area contributed by atoms with Gasteiger partial charge in [0.05, 0.1) is 0 Å². The molecule has 0 bridgehead atoms. The van der Waals surface area contributed by atoms with Gasteiger partial charge in [0.25, 0.3) is 6.47 Å². The van der Waals surface area contributed by atoms with E-state index in [2.05, 4.69) is 9.98 Å². The molecular weight excluding hydrogens is 260 g/mol. The molecule has 0 aromatic rings. The number of carbonyl (C=O) groups excluding carboxylic acids is 1. The van der Waals surface area contributed by atoms with E-state index in [1.165, 1.54) is 0 Å². The predicted octanol–water partition coefficient (Wildman–Crippen LogP) is 0.781. The Morgan fingerprint density at radius 3 is 2.55 bits per heavy atom. The predicted molar refractivity (Wildman–Crippen MR) is 72.0 cm³/mol. The second kappa shape index (κ2) is 5.03. The van der Waals surface area contributed by atoms with E-state index in [0.717, 1.165) is 11.4 Å². The summed E-state index contributed by atoms with van der Waals surface area (Å²) < 4.78 is 5.02. The molecular formula is C14H14N2O4. The molecule has 0 aromatic heterocycles. The molecule has 0 amide bonds. The van der Waals surface area contributed by atoms with Gasteiger partial charge in [-0.1, -0.05) is 18.2 Å². The van der Waals surface area contributed by atoms with Gasteiger partial charge in [-0.25, -0.2) is 0 Å². The molecule has 0 saturated carbocycles. The van der Waals surface area contributed by atoms with Gasteiger partial charge in [-0.3, -0.25) is 19.6 Å². The van der Waals surface area contributed by atoms with Crippen molar-refractivity contribution in [3.63, 3.8) is 0 Å². The summed E-state index contributed by atoms with van der Waals surface area (Å²) in [6.07, 6.45) is 7.93. The van der Waals surface area contributed by atoms with Crippen molar-refractivity contribution in [2.75, 3.05) is 0 Å². The fourth-order valence-electron chi connectivity index (χ4n) is 2.83. The molecule has 1 heterocycles. The SMILES string of the molecule is O=CO[C@@H]1C=CCC2=N[C@@H]3C(=NC21)CC=C[C@H]3C(=O)O. The average Bonchev–Trinajstić information content (AvgIpc) is 2.45. The maximum atomic E-state index is 11.3. The number of allylic oxidation sites excluding steroid dienone is 2. The summed E-state index contributed by atoms with van der Waals surface area (Å²) in [7, 11) is 0. The van der Waals surface area contributed by atoms with Crippen molar-refractivity contribution in [1.82, 2.24) is 0 Å². The number of carbonyl (C=O) groups is 2. The Morgan fingerprint density at radius 1 is 1.20 bits per heavy atom. The van der Waals surface area contributed by atoms with Crippen LogP contribution in [0.5, 0.6) is 0 Å². The highest BCUT2D eigenvalue weighted by atomic mass is 16.5. The zero-order valence-corrected chi connectivity index (χ0v) is 10.7. The van der Waals surface area contributed by atoms with E-state index < -0.39 is 24.0 Å². The van der Waals surface area contributed by atoms with Gasteiger partial charge in [-0.15, -0.1) is 0 Å². The number of aliphatic carboxylic acids is 1. The van der Waals surface area contributed by atoms with Crippen LogP contribution in [-0.2, 0) is 14.3 Å². The quantitative estimate of drug-likeness (QED) is 0.608. The topological polar surface area (TPSA) is 88.3 Å². The molecule has 2 aliphatic carbocycles. The van der Waals surface area contributed by atoms with E-state index in [9.17, 15) is 14.7 Å². The Balaban J connectivity index is 1.95. The van der Waals surface area contributed by atoms with Gasteiger partial charge in [-0.05, 0) is 6.08 Å². The van der Waals surface area contributed by atoms with Crippen LogP contribution in [0.15, 0.2) is 34.3 Å². The fraction of sp³-hybridized carbons (Fsp3) is 0.429. The molecule has 1 N–H and O–H groups in total. The van der Waals surface area contributed by atoms with Crippen molar-refractivity contribution >= 4 is 23.9 Å². The maximum absolute atomic E-state index is 11.3. The molecule has 4 atom stereocenters. The van der Waals surface area contributed by atoms with E-state index in [1.54, 1.807) is 12.2 Å². The van der Waals surface area contributed by atoms with Crippen LogP contribution in [0, 0.1) is 5.92 Å². The standard InChI is InChI=1S/C14H14N2O4/c17-7-20-11-6-2-5-10-13(11)16-9-4-1-3-8(14(18)19)12(9)15-10/h1-3,6-8,11-13H,4-5H2,(H,18,19)/t8-,11-,12+,13?/m1/s1. The Kier molecular flexibility index (Phi) is 3.22. The van der Waals surface area contributed by atoms with Gasteiger partial charge in [0.2, 0.25) is 0 Å². The highest BCUT2D eigenvalue weighted by molar-refractivity contribution is 6.05. The summed E-state index contributed by atoms with van der Waals surface area (Å²) in [4.78, 5) is 31.0. The molecule has 1 unspecified atom stereocenters. The molecule has 0 saturated heterocycles. The highest BCUT2D eigenvalue weighted by Gasteiger charge is 2.39. The van der Waals surface area contributed by atoms with Crippen LogP contribution >= 0.6 is 0 Å². The third kappa shape index (κ3) is 2.07. The third-order valence-electron chi connectivity index (χ3n) is 3.76.